The van der Waals surface area contributed by atoms with Gasteiger partial charge in [0.15, 0.2) is 0 Å². The first-order valence-corrected chi connectivity index (χ1v) is 12.4. The van der Waals surface area contributed by atoms with Crippen LogP contribution in [0.4, 0.5) is 24.5 Å². The summed E-state index contributed by atoms with van der Waals surface area (Å²) < 4.78 is 47.8. The van der Waals surface area contributed by atoms with Gasteiger partial charge in [-0.05, 0) is 63.0 Å². The maximum atomic E-state index is 13.7. The number of alkyl halides is 3. The average Bonchev–Trinajstić information content (AvgIpc) is 3.41. The molecule has 0 aliphatic rings. The van der Waals surface area contributed by atoms with Gasteiger partial charge >= 0.3 is 6.18 Å². The molecule has 0 fully saturated rings. The molecule has 4 rings (SSSR count). The number of halogens is 3. The zero-order valence-corrected chi connectivity index (χ0v) is 22.8. The van der Waals surface area contributed by atoms with Crippen LogP contribution in [-0.4, -0.2) is 72.1 Å². The zero-order valence-electron chi connectivity index (χ0n) is 22.8. The van der Waals surface area contributed by atoms with Gasteiger partial charge in [0, 0.05) is 48.8 Å². The molecule has 40 heavy (non-hydrogen) atoms. The summed E-state index contributed by atoms with van der Waals surface area (Å²) in [6, 6.07) is 10.3. The van der Waals surface area contributed by atoms with Gasteiger partial charge < -0.3 is 19.9 Å². The highest BCUT2D eigenvalue weighted by Gasteiger charge is 2.32. The zero-order chi connectivity index (χ0) is 29.0. The van der Waals surface area contributed by atoms with Crippen molar-refractivity contribution in [3.63, 3.8) is 0 Å². The minimum atomic E-state index is -4.57. The third kappa shape index (κ3) is 6.75. The van der Waals surface area contributed by atoms with E-state index in [1.54, 1.807) is 61.9 Å². The number of carbonyl (C=O) groups excluding carboxylic acids is 1. The van der Waals surface area contributed by atoms with Crippen molar-refractivity contribution >= 4 is 17.3 Å². The largest absolute Gasteiger partial charge is 0.495 e. The van der Waals surface area contributed by atoms with Crippen molar-refractivity contribution in [3.8, 4) is 22.7 Å². The average molecular weight is 554 g/mol. The number of carbonyl (C=O) groups is 1. The molecule has 0 aliphatic carbocycles. The number of amides is 1. The molecule has 2 heterocycles. The lowest BCUT2D eigenvalue weighted by atomic mass is 10.1. The van der Waals surface area contributed by atoms with Gasteiger partial charge in [-0.15, -0.1) is 5.10 Å². The van der Waals surface area contributed by atoms with E-state index in [0.29, 0.717) is 41.5 Å². The third-order valence-electron chi connectivity index (χ3n) is 6.28. The van der Waals surface area contributed by atoms with E-state index in [1.165, 1.54) is 10.7 Å². The molecule has 1 amide bonds. The van der Waals surface area contributed by atoms with Crippen LogP contribution in [0.2, 0.25) is 0 Å². The van der Waals surface area contributed by atoms with Crippen molar-refractivity contribution in [3.05, 3.63) is 77.7 Å². The third-order valence-corrected chi connectivity index (χ3v) is 6.28. The second kappa shape index (κ2) is 11.7. The van der Waals surface area contributed by atoms with E-state index in [1.807, 2.05) is 25.9 Å². The van der Waals surface area contributed by atoms with Gasteiger partial charge in [0.05, 0.1) is 30.8 Å². The molecule has 2 aromatic carbocycles. The van der Waals surface area contributed by atoms with Crippen LogP contribution in [0.5, 0.6) is 5.75 Å². The molecule has 210 valence electrons. The van der Waals surface area contributed by atoms with Crippen LogP contribution in [0.3, 0.4) is 0 Å². The first-order valence-electron chi connectivity index (χ1n) is 12.4. The molecule has 0 saturated carbocycles. The minimum Gasteiger partial charge on any atom is -0.495 e. The number of hydrogen-bond donors (Lipinski definition) is 1. The summed E-state index contributed by atoms with van der Waals surface area (Å²) in [6.07, 6.45) is 0.339. The molecule has 0 aliphatic heterocycles. The molecule has 1 N–H and O–H groups in total. The second-order valence-electron chi connectivity index (χ2n) is 9.61. The van der Waals surface area contributed by atoms with Crippen molar-refractivity contribution in [1.82, 2.24) is 24.9 Å². The van der Waals surface area contributed by atoms with Gasteiger partial charge in [-0.1, -0.05) is 11.3 Å². The first kappa shape index (κ1) is 28.6. The van der Waals surface area contributed by atoms with Crippen molar-refractivity contribution in [2.24, 2.45) is 0 Å². The SMILES string of the molecule is COc1cncc(-c2cn(-c3cc(C(=O)Nc4cc(N(C)CCN(C)C)cc(C(F)(F)F)c4)ccc3C)nn2)c1. The van der Waals surface area contributed by atoms with E-state index in [-0.39, 0.29) is 11.3 Å². The van der Waals surface area contributed by atoms with Crippen LogP contribution in [0, 0.1) is 6.92 Å². The molecular formula is C28H30F3N7O2. The highest BCUT2D eigenvalue weighted by atomic mass is 19.4. The first-order chi connectivity index (χ1) is 18.9. The molecule has 0 unspecified atom stereocenters. The Balaban J connectivity index is 1.61. The predicted molar refractivity (Wildman–Crippen MR) is 147 cm³/mol. The molecule has 4 aromatic rings. The molecule has 12 heteroatoms. The Labute approximate surface area is 230 Å². The number of methoxy groups -OCH3 is 1. The van der Waals surface area contributed by atoms with Crippen molar-refractivity contribution in [2.75, 3.05) is 51.6 Å². The molecule has 0 spiro atoms. The number of nitrogens with one attached hydrogen (secondary N) is 1. The Morgan fingerprint density at radius 1 is 1.05 bits per heavy atom. The standard InChI is InChI=1S/C28H30F3N7O2/c1-18-6-7-19(11-26(18)38-17-25(34-35-38)20-10-24(40-5)16-32-15-20)27(39)33-22-12-21(28(29,30)31)13-23(14-22)37(4)9-8-36(2)3/h6-7,10-17H,8-9H2,1-5H3,(H,33,39). The summed E-state index contributed by atoms with van der Waals surface area (Å²) in [5.74, 6) is 0.0170. The monoisotopic (exact) mass is 553 g/mol. The lowest BCUT2D eigenvalue weighted by molar-refractivity contribution is -0.137. The van der Waals surface area contributed by atoms with Crippen LogP contribution in [0.1, 0.15) is 21.5 Å². The van der Waals surface area contributed by atoms with E-state index in [4.69, 9.17) is 4.74 Å². The predicted octanol–water partition coefficient (Wildman–Crippen LogP) is 4.92. The van der Waals surface area contributed by atoms with Gasteiger partial charge in [-0.3, -0.25) is 9.78 Å². The van der Waals surface area contributed by atoms with E-state index in [9.17, 15) is 18.0 Å². The Hall–Kier alpha value is -4.45. The molecule has 0 saturated heterocycles. The Bertz CT molecular complexity index is 1500. The molecule has 0 bridgehead atoms. The number of rotatable bonds is 9. The summed E-state index contributed by atoms with van der Waals surface area (Å²) >= 11 is 0. The quantitative estimate of drug-likeness (QED) is 0.315. The Morgan fingerprint density at radius 2 is 1.82 bits per heavy atom. The molecule has 0 radical (unpaired) electrons. The normalized spacial score (nSPS) is 11.5. The van der Waals surface area contributed by atoms with Crippen LogP contribution in [-0.2, 0) is 6.18 Å². The summed E-state index contributed by atoms with van der Waals surface area (Å²) in [5.41, 5.74) is 2.46. The Kier molecular flexibility index (Phi) is 8.38. The topological polar surface area (TPSA) is 88.4 Å². The number of hydrogen-bond acceptors (Lipinski definition) is 7. The summed E-state index contributed by atoms with van der Waals surface area (Å²) in [4.78, 5) is 21.0. The lowest BCUT2D eigenvalue weighted by Crippen LogP contribution is -2.28. The second-order valence-corrected chi connectivity index (χ2v) is 9.61. The number of pyridine rings is 1. The number of anilines is 2. The summed E-state index contributed by atoms with van der Waals surface area (Å²) in [6.45, 7) is 3.02. The van der Waals surface area contributed by atoms with E-state index < -0.39 is 17.6 Å². The number of nitrogens with zero attached hydrogens (tertiary/aromatic N) is 6. The van der Waals surface area contributed by atoms with Crippen molar-refractivity contribution < 1.29 is 22.7 Å². The van der Waals surface area contributed by atoms with Gasteiger partial charge in [0.2, 0.25) is 0 Å². The van der Waals surface area contributed by atoms with Gasteiger partial charge in [0.25, 0.3) is 5.91 Å². The number of aryl methyl sites for hydroxylation is 1. The smallest absolute Gasteiger partial charge is 0.416 e. The molecule has 9 nitrogen and oxygen atoms in total. The maximum absolute atomic E-state index is 13.7. The van der Waals surface area contributed by atoms with E-state index in [0.717, 1.165) is 17.7 Å². The molecule has 2 aromatic heterocycles. The summed E-state index contributed by atoms with van der Waals surface area (Å²) in [7, 11) is 7.03. The number of ether oxygens (including phenoxy) is 1. The molecular weight excluding hydrogens is 523 g/mol. The van der Waals surface area contributed by atoms with Crippen molar-refractivity contribution in [1.29, 1.82) is 0 Å². The van der Waals surface area contributed by atoms with Crippen LogP contribution in [0.15, 0.2) is 61.1 Å². The van der Waals surface area contributed by atoms with Crippen LogP contribution < -0.4 is 15.0 Å². The van der Waals surface area contributed by atoms with Crippen LogP contribution in [0.25, 0.3) is 16.9 Å². The fourth-order valence-corrected chi connectivity index (χ4v) is 3.93. The summed E-state index contributed by atoms with van der Waals surface area (Å²) in [5, 5.41) is 11.0. The number of aromatic nitrogens is 4. The van der Waals surface area contributed by atoms with Crippen molar-refractivity contribution in [2.45, 2.75) is 13.1 Å². The fraction of sp³-hybridized carbons (Fsp3) is 0.286. The highest BCUT2D eigenvalue weighted by Crippen LogP contribution is 2.34. The highest BCUT2D eigenvalue weighted by molar-refractivity contribution is 6.05. The fourth-order valence-electron chi connectivity index (χ4n) is 3.93. The lowest BCUT2D eigenvalue weighted by Gasteiger charge is -2.23. The number of benzene rings is 2. The Morgan fingerprint density at radius 3 is 2.52 bits per heavy atom. The molecule has 0 atom stereocenters. The maximum Gasteiger partial charge on any atom is 0.416 e. The van der Waals surface area contributed by atoms with Crippen LogP contribution >= 0.6 is 0 Å². The van der Waals surface area contributed by atoms with Gasteiger partial charge in [-0.2, -0.15) is 13.2 Å². The number of likely N-dealkylation sites (N-methyl/N-ethyl adjacent to an activating group) is 2. The van der Waals surface area contributed by atoms with Gasteiger partial charge in [0.1, 0.15) is 11.4 Å². The van der Waals surface area contributed by atoms with E-state index >= 15 is 0 Å². The minimum absolute atomic E-state index is 0.0437. The van der Waals surface area contributed by atoms with Gasteiger partial charge in [-0.25, -0.2) is 4.68 Å². The van der Waals surface area contributed by atoms with E-state index in [2.05, 4.69) is 20.6 Å².